The van der Waals surface area contributed by atoms with Crippen molar-refractivity contribution < 1.29 is 8.42 Å². The van der Waals surface area contributed by atoms with Gasteiger partial charge < -0.3 is 0 Å². The van der Waals surface area contributed by atoms with Crippen LogP contribution in [0.3, 0.4) is 0 Å². The Morgan fingerprint density at radius 2 is 2.24 bits per heavy atom. The Kier molecular flexibility index (Phi) is 3.62. The third-order valence-corrected chi connectivity index (χ3v) is 7.10. The first kappa shape index (κ1) is 14.7. The molecule has 1 saturated heterocycles. The fraction of sp³-hybridized carbons (Fsp3) is 0.538. The van der Waals surface area contributed by atoms with E-state index in [-0.39, 0.29) is 17.4 Å². The molecule has 21 heavy (non-hydrogen) atoms. The predicted octanol–water partition coefficient (Wildman–Crippen LogP) is 1.05. The minimum absolute atomic E-state index is 0.0892. The van der Waals surface area contributed by atoms with Gasteiger partial charge in [-0.1, -0.05) is 6.92 Å². The number of hydrogen-bond donors (Lipinski definition) is 0. The van der Waals surface area contributed by atoms with Gasteiger partial charge in [-0.05, 0) is 18.9 Å². The molecule has 8 heteroatoms. The van der Waals surface area contributed by atoms with Crippen molar-refractivity contribution >= 4 is 31.6 Å². The van der Waals surface area contributed by atoms with Crippen LogP contribution in [0.5, 0.6) is 0 Å². The summed E-state index contributed by atoms with van der Waals surface area (Å²) < 4.78 is 26.3. The van der Waals surface area contributed by atoms with Gasteiger partial charge in [0, 0.05) is 24.5 Å². The van der Waals surface area contributed by atoms with Gasteiger partial charge in [-0.15, -0.1) is 11.3 Å². The van der Waals surface area contributed by atoms with Crippen molar-refractivity contribution in [1.29, 1.82) is 0 Å². The highest BCUT2D eigenvalue weighted by Crippen LogP contribution is 2.22. The van der Waals surface area contributed by atoms with Gasteiger partial charge in [0.05, 0.1) is 17.5 Å². The summed E-state index contributed by atoms with van der Waals surface area (Å²) in [5.41, 5.74) is -0.0892. The topological polar surface area (TPSA) is 72.3 Å². The van der Waals surface area contributed by atoms with Crippen molar-refractivity contribution in [2.24, 2.45) is 0 Å². The lowest BCUT2D eigenvalue weighted by Gasteiger charge is -2.18. The molecule has 1 atom stereocenters. The fourth-order valence-electron chi connectivity index (χ4n) is 2.59. The lowest BCUT2D eigenvalue weighted by Crippen LogP contribution is -2.35. The molecule has 0 aromatic carbocycles. The number of rotatable bonds is 3. The van der Waals surface area contributed by atoms with Crippen LogP contribution in [0, 0.1) is 0 Å². The van der Waals surface area contributed by atoms with Gasteiger partial charge in [-0.3, -0.25) is 9.36 Å². The van der Waals surface area contributed by atoms with Gasteiger partial charge >= 0.3 is 0 Å². The average Bonchev–Trinajstić information content (AvgIpc) is 2.98. The van der Waals surface area contributed by atoms with Crippen LogP contribution in [0.15, 0.2) is 17.2 Å². The molecule has 1 aliphatic rings. The number of fused-ring (bicyclic) bond motifs is 1. The number of nitrogens with zero attached hydrogens (tertiary/aromatic N) is 3. The van der Waals surface area contributed by atoms with Crippen molar-refractivity contribution in [3.8, 4) is 0 Å². The van der Waals surface area contributed by atoms with E-state index >= 15 is 0 Å². The molecule has 0 radical (unpaired) electrons. The average molecular weight is 327 g/mol. The van der Waals surface area contributed by atoms with Gasteiger partial charge in [0.2, 0.25) is 10.0 Å². The Morgan fingerprint density at radius 1 is 1.48 bits per heavy atom. The van der Waals surface area contributed by atoms with E-state index in [2.05, 4.69) is 4.98 Å². The lowest BCUT2D eigenvalue weighted by molar-refractivity contribution is 0.351. The molecule has 1 aliphatic heterocycles. The molecular formula is C13H17N3O3S2. The third-order valence-electron chi connectivity index (χ3n) is 3.99. The number of thiophene rings is 1. The summed E-state index contributed by atoms with van der Waals surface area (Å²) in [5, 5.41) is 0.628. The highest BCUT2D eigenvalue weighted by Gasteiger charge is 2.34. The quantitative estimate of drug-likeness (QED) is 0.845. The summed E-state index contributed by atoms with van der Waals surface area (Å²) >= 11 is 1.53. The van der Waals surface area contributed by atoms with Crippen molar-refractivity contribution in [3.05, 3.63) is 27.6 Å². The number of aryl methyl sites for hydroxylation is 1. The van der Waals surface area contributed by atoms with E-state index in [1.54, 1.807) is 7.05 Å². The molecule has 0 bridgehead atoms. The maximum absolute atomic E-state index is 12.5. The van der Waals surface area contributed by atoms with Crippen LogP contribution >= 0.6 is 11.3 Å². The SMILES string of the molecule is CCc1cc2c(=O)n(CC3CCS(=O)(=O)N3C)cnc2s1. The maximum atomic E-state index is 12.5. The summed E-state index contributed by atoms with van der Waals surface area (Å²) in [6.45, 7) is 2.40. The van der Waals surface area contributed by atoms with Gasteiger partial charge in [0.15, 0.2) is 0 Å². The van der Waals surface area contributed by atoms with Gasteiger partial charge in [0.25, 0.3) is 5.56 Å². The number of sulfonamides is 1. The summed E-state index contributed by atoms with van der Waals surface area (Å²) in [5.74, 6) is 0.150. The molecule has 0 N–H and O–H groups in total. The van der Waals surface area contributed by atoms with Crippen LogP contribution < -0.4 is 5.56 Å². The van der Waals surface area contributed by atoms with E-state index in [4.69, 9.17) is 0 Å². The van der Waals surface area contributed by atoms with E-state index in [9.17, 15) is 13.2 Å². The van der Waals surface area contributed by atoms with E-state index in [1.807, 2.05) is 13.0 Å². The van der Waals surface area contributed by atoms with Crippen LogP contribution in [0.2, 0.25) is 0 Å². The van der Waals surface area contributed by atoms with E-state index < -0.39 is 10.0 Å². The van der Waals surface area contributed by atoms with E-state index in [1.165, 1.54) is 26.5 Å². The Balaban J connectivity index is 1.95. The monoisotopic (exact) mass is 327 g/mol. The van der Waals surface area contributed by atoms with Crippen LogP contribution in [-0.4, -0.2) is 41.1 Å². The zero-order valence-electron chi connectivity index (χ0n) is 11.9. The summed E-state index contributed by atoms with van der Waals surface area (Å²) in [6, 6.07) is 1.72. The number of likely N-dealkylation sites (N-methyl/N-ethyl adjacent to an activating group) is 1. The molecule has 6 nitrogen and oxygen atoms in total. The second kappa shape index (κ2) is 5.19. The van der Waals surface area contributed by atoms with Crippen molar-refractivity contribution in [2.45, 2.75) is 32.4 Å². The first-order valence-corrected chi connectivity index (χ1v) is 9.28. The van der Waals surface area contributed by atoms with Crippen LogP contribution in [-0.2, 0) is 23.0 Å². The second-order valence-corrected chi connectivity index (χ2v) is 8.53. The van der Waals surface area contributed by atoms with Crippen LogP contribution in [0.4, 0.5) is 0 Å². The third kappa shape index (κ3) is 2.51. The Morgan fingerprint density at radius 3 is 2.86 bits per heavy atom. The smallest absolute Gasteiger partial charge is 0.262 e. The van der Waals surface area contributed by atoms with Gasteiger partial charge in [-0.25, -0.2) is 17.7 Å². The Labute approximate surface area is 127 Å². The molecule has 1 fully saturated rings. The van der Waals surface area contributed by atoms with E-state index in [0.717, 1.165) is 16.1 Å². The molecule has 0 saturated carbocycles. The molecule has 0 aliphatic carbocycles. The summed E-state index contributed by atoms with van der Waals surface area (Å²) in [7, 11) is -1.58. The highest BCUT2D eigenvalue weighted by molar-refractivity contribution is 7.89. The molecule has 3 heterocycles. The molecule has 1 unspecified atom stereocenters. The molecule has 2 aromatic rings. The minimum Gasteiger partial charge on any atom is -0.297 e. The molecule has 0 amide bonds. The van der Waals surface area contributed by atoms with Crippen molar-refractivity contribution in [2.75, 3.05) is 12.8 Å². The molecule has 2 aromatic heterocycles. The fourth-order valence-corrected chi connectivity index (χ4v) is 4.99. The first-order chi connectivity index (χ1) is 9.92. The molecule has 0 spiro atoms. The molecule has 114 valence electrons. The molecule has 3 rings (SSSR count). The zero-order chi connectivity index (χ0) is 15.2. The summed E-state index contributed by atoms with van der Waals surface area (Å²) in [4.78, 5) is 18.7. The zero-order valence-corrected chi connectivity index (χ0v) is 13.6. The summed E-state index contributed by atoms with van der Waals surface area (Å²) in [6.07, 6.45) is 2.95. The highest BCUT2D eigenvalue weighted by atomic mass is 32.2. The second-order valence-electron chi connectivity index (χ2n) is 5.26. The predicted molar refractivity (Wildman–Crippen MR) is 83.2 cm³/mol. The van der Waals surface area contributed by atoms with Crippen molar-refractivity contribution in [3.63, 3.8) is 0 Å². The van der Waals surface area contributed by atoms with E-state index in [0.29, 0.717) is 18.4 Å². The van der Waals surface area contributed by atoms with Gasteiger partial charge in [-0.2, -0.15) is 0 Å². The maximum Gasteiger partial charge on any atom is 0.262 e. The number of aromatic nitrogens is 2. The number of hydrogen-bond acceptors (Lipinski definition) is 5. The first-order valence-electron chi connectivity index (χ1n) is 6.86. The Bertz CT molecular complexity index is 838. The standard InChI is InChI=1S/C13H17N3O3S2/c1-3-10-6-11-12(20-10)14-8-16(13(11)17)7-9-4-5-21(18,19)15(9)2/h6,8-9H,3-5,7H2,1-2H3. The largest absolute Gasteiger partial charge is 0.297 e. The van der Waals surface area contributed by atoms with Crippen molar-refractivity contribution in [1.82, 2.24) is 13.9 Å². The van der Waals surface area contributed by atoms with Crippen LogP contribution in [0.25, 0.3) is 10.2 Å². The lowest BCUT2D eigenvalue weighted by atomic mass is 10.2. The Hall–Kier alpha value is -1.25. The van der Waals surface area contributed by atoms with Crippen LogP contribution in [0.1, 0.15) is 18.2 Å². The minimum atomic E-state index is -3.15. The normalized spacial score (nSPS) is 22.1. The molecular weight excluding hydrogens is 310 g/mol. The van der Waals surface area contributed by atoms with Gasteiger partial charge in [0.1, 0.15) is 4.83 Å².